The zero-order valence-corrected chi connectivity index (χ0v) is 25.6. The molecule has 1 aromatic heterocycles. The van der Waals surface area contributed by atoms with E-state index in [0.717, 1.165) is 73.0 Å². The largest absolute Gasteiger partial charge is 0.457 e. The molecule has 0 fully saturated rings. The Balaban J connectivity index is 1.21. The van der Waals surface area contributed by atoms with Gasteiger partial charge in [-0.3, -0.25) is 0 Å². The summed E-state index contributed by atoms with van der Waals surface area (Å²) in [6, 6.07) is 52.2. The van der Waals surface area contributed by atoms with Gasteiger partial charge in [0.25, 0.3) is 0 Å². The van der Waals surface area contributed by atoms with Crippen LogP contribution >= 0.6 is 0 Å². The number of nitrogens with zero attached hydrogens (tertiary/aromatic N) is 3. The summed E-state index contributed by atoms with van der Waals surface area (Å²) < 4.78 is 6.42. The molecule has 7 aromatic rings. The number of nitriles is 1. The summed E-state index contributed by atoms with van der Waals surface area (Å²) in [6.07, 6.45) is 0. The minimum Gasteiger partial charge on any atom is -0.457 e. The highest BCUT2D eigenvalue weighted by molar-refractivity contribution is 5.90. The molecule has 0 saturated heterocycles. The summed E-state index contributed by atoms with van der Waals surface area (Å²) in [7, 11) is 0. The van der Waals surface area contributed by atoms with Gasteiger partial charge in [0.15, 0.2) is 5.82 Å². The third-order valence-corrected chi connectivity index (χ3v) is 9.58. The molecule has 0 amide bonds. The molecule has 4 nitrogen and oxygen atoms in total. The lowest BCUT2D eigenvalue weighted by atomic mass is 9.70. The Morgan fingerprint density at radius 2 is 1.13 bits per heavy atom. The zero-order chi connectivity index (χ0) is 31.5. The number of benzene rings is 6. The fourth-order valence-corrected chi connectivity index (χ4v) is 7.38. The standard InChI is InChI=1S/C43H27N3O/c1-43-35-23-22-31(24-34(35)33-15-9-17-39(41(33)43)47-38-16-8-14-32(26-44)40(38)43)37-25-36(45-42(46-37)30-12-6-3-7-13-30)29-20-18-28(19-21-29)27-10-4-2-5-11-27/h2-25H,1H3. The van der Waals surface area contributed by atoms with Gasteiger partial charge < -0.3 is 4.74 Å². The average Bonchev–Trinajstić information content (AvgIpc) is 3.41. The second-order valence-electron chi connectivity index (χ2n) is 12.2. The Hall–Kier alpha value is -6.31. The van der Waals surface area contributed by atoms with E-state index in [2.05, 4.69) is 91.9 Å². The summed E-state index contributed by atoms with van der Waals surface area (Å²) in [5, 5.41) is 10.1. The van der Waals surface area contributed by atoms with Crippen molar-refractivity contribution in [3.63, 3.8) is 0 Å². The zero-order valence-electron chi connectivity index (χ0n) is 25.6. The summed E-state index contributed by atoms with van der Waals surface area (Å²) in [6.45, 7) is 2.22. The molecule has 0 radical (unpaired) electrons. The van der Waals surface area contributed by atoms with E-state index in [9.17, 15) is 5.26 Å². The number of rotatable bonds is 4. The van der Waals surface area contributed by atoms with Crippen LogP contribution in [0.4, 0.5) is 0 Å². The van der Waals surface area contributed by atoms with Crippen molar-refractivity contribution in [1.82, 2.24) is 9.97 Å². The van der Waals surface area contributed by atoms with Crippen molar-refractivity contribution in [2.24, 2.45) is 0 Å². The highest BCUT2D eigenvalue weighted by Gasteiger charge is 2.48. The van der Waals surface area contributed by atoms with E-state index < -0.39 is 5.41 Å². The first-order valence-corrected chi connectivity index (χ1v) is 15.7. The van der Waals surface area contributed by atoms with Crippen LogP contribution in [-0.2, 0) is 5.41 Å². The maximum absolute atomic E-state index is 10.1. The Morgan fingerprint density at radius 3 is 1.85 bits per heavy atom. The van der Waals surface area contributed by atoms with Gasteiger partial charge in [-0.05, 0) is 65.1 Å². The molecule has 1 atom stereocenters. The summed E-state index contributed by atoms with van der Waals surface area (Å²) in [4.78, 5) is 10.2. The van der Waals surface area contributed by atoms with Gasteiger partial charge in [-0.1, -0.05) is 115 Å². The van der Waals surface area contributed by atoms with E-state index in [0.29, 0.717) is 11.4 Å². The van der Waals surface area contributed by atoms with E-state index in [1.54, 1.807) is 0 Å². The second kappa shape index (κ2) is 10.4. The van der Waals surface area contributed by atoms with Gasteiger partial charge in [0.05, 0.1) is 28.4 Å². The van der Waals surface area contributed by atoms with Crippen LogP contribution in [0.5, 0.6) is 11.5 Å². The lowest BCUT2D eigenvalue weighted by Crippen LogP contribution is -2.28. The van der Waals surface area contributed by atoms with Crippen LogP contribution < -0.4 is 4.74 Å². The van der Waals surface area contributed by atoms with Crippen LogP contribution in [-0.4, -0.2) is 9.97 Å². The highest BCUT2D eigenvalue weighted by atomic mass is 16.5. The molecule has 1 unspecified atom stereocenters. The van der Waals surface area contributed by atoms with Crippen LogP contribution in [0.3, 0.4) is 0 Å². The van der Waals surface area contributed by atoms with Gasteiger partial charge in [-0.25, -0.2) is 9.97 Å². The van der Waals surface area contributed by atoms with Crippen molar-refractivity contribution >= 4 is 0 Å². The Labute approximate surface area is 273 Å². The Kier molecular flexibility index (Phi) is 5.97. The predicted octanol–water partition coefficient (Wildman–Crippen LogP) is 10.5. The molecule has 2 heterocycles. The minimum atomic E-state index is -0.522. The maximum Gasteiger partial charge on any atom is 0.160 e. The van der Waals surface area contributed by atoms with Crippen LogP contribution in [0, 0.1) is 11.3 Å². The molecule has 0 bridgehead atoms. The minimum absolute atomic E-state index is 0.522. The molecule has 9 rings (SSSR count). The molecule has 47 heavy (non-hydrogen) atoms. The third-order valence-electron chi connectivity index (χ3n) is 9.58. The van der Waals surface area contributed by atoms with E-state index >= 15 is 0 Å². The highest BCUT2D eigenvalue weighted by Crippen LogP contribution is 2.61. The summed E-state index contributed by atoms with van der Waals surface area (Å²) in [5.74, 6) is 2.25. The van der Waals surface area contributed by atoms with Crippen molar-refractivity contribution in [2.45, 2.75) is 12.3 Å². The van der Waals surface area contributed by atoms with Crippen molar-refractivity contribution in [2.75, 3.05) is 0 Å². The first-order valence-electron chi connectivity index (χ1n) is 15.7. The molecule has 0 spiro atoms. The first-order chi connectivity index (χ1) is 23.1. The lowest BCUT2D eigenvalue weighted by molar-refractivity contribution is 0.430. The predicted molar refractivity (Wildman–Crippen MR) is 186 cm³/mol. The van der Waals surface area contributed by atoms with Crippen LogP contribution in [0.15, 0.2) is 146 Å². The third kappa shape index (κ3) is 4.14. The SMILES string of the molecule is CC12c3ccc(-c4cc(-c5ccc(-c6ccccc6)cc5)nc(-c5ccccc5)n4)cc3-c3cccc(c31)Oc1cccc(C#N)c12. The smallest absolute Gasteiger partial charge is 0.160 e. The average molecular weight is 602 g/mol. The van der Waals surface area contributed by atoms with E-state index in [4.69, 9.17) is 14.7 Å². The second-order valence-corrected chi connectivity index (χ2v) is 12.2. The number of hydrogen-bond donors (Lipinski definition) is 0. The topological polar surface area (TPSA) is 58.8 Å². The number of ether oxygens (including phenoxy) is 1. The van der Waals surface area contributed by atoms with Crippen LogP contribution in [0.25, 0.3) is 56.2 Å². The maximum atomic E-state index is 10.1. The number of aromatic nitrogens is 2. The van der Waals surface area contributed by atoms with E-state index in [-0.39, 0.29) is 0 Å². The first kappa shape index (κ1) is 27.0. The van der Waals surface area contributed by atoms with Gasteiger partial charge in [-0.2, -0.15) is 5.26 Å². The molecular formula is C43H27N3O. The molecule has 2 aliphatic rings. The Bertz CT molecular complexity index is 2390. The van der Waals surface area contributed by atoms with Crippen molar-refractivity contribution in [3.8, 4) is 73.7 Å². The van der Waals surface area contributed by atoms with Gasteiger partial charge >= 0.3 is 0 Å². The van der Waals surface area contributed by atoms with Gasteiger partial charge in [0.1, 0.15) is 11.5 Å². The van der Waals surface area contributed by atoms with Crippen molar-refractivity contribution in [3.05, 3.63) is 168 Å². The van der Waals surface area contributed by atoms with Gasteiger partial charge in [0, 0.05) is 27.8 Å². The van der Waals surface area contributed by atoms with E-state index in [1.807, 2.05) is 66.7 Å². The normalized spacial score (nSPS) is 15.1. The monoisotopic (exact) mass is 601 g/mol. The Morgan fingerprint density at radius 1 is 0.532 bits per heavy atom. The quantitative estimate of drug-likeness (QED) is 0.201. The summed E-state index contributed by atoms with van der Waals surface area (Å²) >= 11 is 0. The van der Waals surface area contributed by atoms with Crippen molar-refractivity contribution < 1.29 is 4.74 Å². The fourth-order valence-electron chi connectivity index (χ4n) is 7.38. The molecule has 1 aliphatic heterocycles. The number of fused-ring (bicyclic) bond motifs is 5. The molecule has 0 saturated carbocycles. The fraction of sp³-hybridized carbons (Fsp3) is 0.0465. The van der Waals surface area contributed by atoms with Gasteiger partial charge in [0.2, 0.25) is 0 Å². The van der Waals surface area contributed by atoms with Gasteiger partial charge in [-0.15, -0.1) is 0 Å². The van der Waals surface area contributed by atoms with Crippen LogP contribution in [0.1, 0.15) is 29.2 Å². The molecule has 6 aromatic carbocycles. The number of hydrogen-bond acceptors (Lipinski definition) is 4. The van der Waals surface area contributed by atoms with Crippen molar-refractivity contribution in [1.29, 1.82) is 5.26 Å². The molecule has 220 valence electrons. The molecular weight excluding hydrogens is 574 g/mol. The van der Waals surface area contributed by atoms with E-state index in [1.165, 1.54) is 5.56 Å². The molecule has 4 heteroatoms. The van der Waals surface area contributed by atoms with Crippen LogP contribution in [0.2, 0.25) is 0 Å². The molecule has 1 aliphatic carbocycles. The lowest BCUT2D eigenvalue weighted by Gasteiger charge is -2.35. The summed E-state index contributed by atoms with van der Waals surface area (Å²) in [5.41, 5.74) is 12.6. The molecule has 0 N–H and O–H groups in total.